The number of β-amino-alcohol motifs (C(OH)–C–C–N with tert-alkyl or cyclic N) is 1. The van der Waals surface area contributed by atoms with E-state index in [-0.39, 0.29) is 6.61 Å². The second-order valence-corrected chi connectivity index (χ2v) is 5.22. The molecule has 0 spiro atoms. The maximum absolute atomic E-state index is 11.6. The molecule has 1 aliphatic rings. The highest BCUT2D eigenvalue weighted by Crippen LogP contribution is 2.05. The Morgan fingerprint density at radius 3 is 2.33 bits per heavy atom. The van der Waals surface area contributed by atoms with Crippen LogP contribution in [0.15, 0.2) is 0 Å². The second-order valence-electron chi connectivity index (χ2n) is 3.47. The summed E-state index contributed by atoms with van der Waals surface area (Å²) in [6.45, 7) is 5.29. The summed E-state index contributed by atoms with van der Waals surface area (Å²) in [6, 6.07) is 0. The molecular weight excluding hydrogens is 218 g/mol. The fourth-order valence-corrected chi connectivity index (χ4v) is 2.80. The third-order valence-electron chi connectivity index (χ3n) is 2.41. The van der Waals surface area contributed by atoms with Crippen molar-refractivity contribution >= 4 is 10.2 Å². The zero-order valence-corrected chi connectivity index (χ0v) is 9.83. The fraction of sp³-hybridized carbons (Fsp3) is 1.00. The molecule has 0 aromatic heterocycles. The molecule has 0 aliphatic carbocycles. The van der Waals surface area contributed by atoms with Crippen LogP contribution in [0.4, 0.5) is 0 Å². The average Bonchev–Trinajstić information content (AvgIpc) is 2.19. The molecule has 1 rings (SSSR count). The van der Waals surface area contributed by atoms with E-state index in [1.165, 1.54) is 4.31 Å². The molecule has 0 radical (unpaired) electrons. The predicted octanol–water partition coefficient (Wildman–Crippen LogP) is -1.55. The van der Waals surface area contributed by atoms with Gasteiger partial charge in [0.25, 0.3) is 10.2 Å². The molecule has 2 N–H and O–H groups in total. The first-order valence-corrected chi connectivity index (χ1v) is 6.62. The van der Waals surface area contributed by atoms with Gasteiger partial charge in [-0.05, 0) is 0 Å². The van der Waals surface area contributed by atoms with Crippen molar-refractivity contribution in [2.24, 2.45) is 0 Å². The van der Waals surface area contributed by atoms with E-state index >= 15 is 0 Å². The number of nitrogens with zero attached hydrogens (tertiary/aromatic N) is 2. The maximum atomic E-state index is 11.6. The lowest BCUT2D eigenvalue weighted by Gasteiger charge is -2.33. The molecule has 0 saturated carbocycles. The maximum Gasteiger partial charge on any atom is 0.279 e. The molecule has 1 saturated heterocycles. The number of aliphatic hydroxyl groups is 1. The summed E-state index contributed by atoms with van der Waals surface area (Å²) in [5.41, 5.74) is 0. The topological polar surface area (TPSA) is 72.9 Å². The number of piperazine rings is 1. The van der Waals surface area contributed by atoms with E-state index in [9.17, 15) is 8.42 Å². The standard InChI is InChI=1S/C8H19N3O3S/c1-2-9-15(13,14)11-5-3-10(4-6-11)7-8-12/h9,12H,2-8H2,1H3. The predicted molar refractivity (Wildman–Crippen MR) is 57.7 cm³/mol. The number of nitrogens with one attached hydrogen (secondary N) is 1. The molecule has 7 heteroatoms. The smallest absolute Gasteiger partial charge is 0.279 e. The summed E-state index contributed by atoms with van der Waals surface area (Å²) in [4.78, 5) is 2.05. The van der Waals surface area contributed by atoms with E-state index in [0.29, 0.717) is 39.3 Å². The van der Waals surface area contributed by atoms with Gasteiger partial charge in [0.1, 0.15) is 0 Å². The van der Waals surface area contributed by atoms with Crippen molar-refractivity contribution < 1.29 is 13.5 Å². The van der Waals surface area contributed by atoms with Crippen LogP contribution < -0.4 is 4.72 Å². The van der Waals surface area contributed by atoms with Gasteiger partial charge in [-0.1, -0.05) is 6.92 Å². The Hall–Kier alpha value is -0.210. The lowest BCUT2D eigenvalue weighted by atomic mass is 10.4. The molecule has 1 aliphatic heterocycles. The zero-order chi connectivity index (χ0) is 11.3. The van der Waals surface area contributed by atoms with Crippen molar-refractivity contribution in [1.82, 2.24) is 13.9 Å². The Labute approximate surface area is 91.0 Å². The van der Waals surface area contributed by atoms with Gasteiger partial charge in [0.05, 0.1) is 6.61 Å². The third-order valence-corrected chi connectivity index (χ3v) is 4.11. The van der Waals surface area contributed by atoms with Gasteiger partial charge >= 0.3 is 0 Å². The van der Waals surface area contributed by atoms with Crippen LogP contribution in [-0.2, 0) is 10.2 Å². The summed E-state index contributed by atoms with van der Waals surface area (Å²) in [5, 5.41) is 8.74. The molecule has 0 bridgehead atoms. The van der Waals surface area contributed by atoms with Gasteiger partial charge in [0.2, 0.25) is 0 Å². The Kier molecular flexibility index (Phi) is 4.94. The summed E-state index contributed by atoms with van der Waals surface area (Å²) in [7, 11) is -3.28. The molecular formula is C8H19N3O3S. The van der Waals surface area contributed by atoms with Crippen LogP contribution >= 0.6 is 0 Å². The second kappa shape index (κ2) is 5.76. The largest absolute Gasteiger partial charge is 0.395 e. The number of rotatable bonds is 5. The highest BCUT2D eigenvalue weighted by Gasteiger charge is 2.25. The third kappa shape index (κ3) is 3.69. The molecule has 0 atom stereocenters. The Bertz CT molecular complexity index is 273. The van der Waals surface area contributed by atoms with Crippen LogP contribution in [0.1, 0.15) is 6.92 Å². The van der Waals surface area contributed by atoms with Crippen LogP contribution in [0.25, 0.3) is 0 Å². The minimum absolute atomic E-state index is 0.125. The molecule has 90 valence electrons. The number of aliphatic hydroxyl groups excluding tert-OH is 1. The molecule has 0 unspecified atom stereocenters. The van der Waals surface area contributed by atoms with Gasteiger partial charge in [-0.15, -0.1) is 0 Å². The lowest BCUT2D eigenvalue weighted by molar-refractivity contribution is 0.151. The lowest BCUT2D eigenvalue weighted by Crippen LogP contribution is -2.52. The van der Waals surface area contributed by atoms with Crippen molar-refractivity contribution in [2.75, 3.05) is 45.9 Å². The molecule has 0 amide bonds. The summed E-state index contributed by atoms with van der Waals surface area (Å²) in [6.07, 6.45) is 0. The van der Waals surface area contributed by atoms with Crippen molar-refractivity contribution in [3.8, 4) is 0 Å². The zero-order valence-electron chi connectivity index (χ0n) is 9.02. The number of hydrogen-bond acceptors (Lipinski definition) is 4. The van der Waals surface area contributed by atoms with Crippen molar-refractivity contribution in [1.29, 1.82) is 0 Å². The van der Waals surface area contributed by atoms with Crippen molar-refractivity contribution in [2.45, 2.75) is 6.92 Å². The normalized spacial score (nSPS) is 20.7. The van der Waals surface area contributed by atoms with E-state index < -0.39 is 10.2 Å². The van der Waals surface area contributed by atoms with E-state index in [1.807, 2.05) is 0 Å². The first kappa shape index (κ1) is 12.9. The average molecular weight is 237 g/mol. The van der Waals surface area contributed by atoms with Crippen molar-refractivity contribution in [3.63, 3.8) is 0 Å². The quantitative estimate of drug-likeness (QED) is 0.607. The molecule has 0 aromatic carbocycles. The van der Waals surface area contributed by atoms with E-state index in [1.54, 1.807) is 6.92 Å². The first-order chi connectivity index (χ1) is 7.10. The minimum Gasteiger partial charge on any atom is -0.395 e. The van der Waals surface area contributed by atoms with Gasteiger partial charge < -0.3 is 5.11 Å². The number of hydrogen-bond donors (Lipinski definition) is 2. The molecule has 1 fully saturated rings. The monoisotopic (exact) mass is 237 g/mol. The summed E-state index contributed by atoms with van der Waals surface area (Å²) in [5.74, 6) is 0. The molecule has 6 nitrogen and oxygen atoms in total. The summed E-state index contributed by atoms with van der Waals surface area (Å²) < 4.78 is 27.1. The highest BCUT2D eigenvalue weighted by molar-refractivity contribution is 7.87. The highest BCUT2D eigenvalue weighted by atomic mass is 32.2. The van der Waals surface area contributed by atoms with E-state index in [2.05, 4.69) is 9.62 Å². The summed E-state index contributed by atoms with van der Waals surface area (Å²) >= 11 is 0. The van der Waals surface area contributed by atoms with Crippen LogP contribution in [-0.4, -0.2) is 68.6 Å². The fourth-order valence-electron chi connectivity index (χ4n) is 1.61. The SMILES string of the molecule is CCNS(=O)(=O)N1CCN(CCO)CC1. The van der Waals surface area contributed by atoms with E-state index in [0.717, 1.165) is 0 Å². The van der Waals surface area contributed by atoms with Gasteiger partial charge in [-0.2, -0.15) is 12.7 Å². The molecule has 1 heterocycles. The first-order valence-electron chi connectivity index (χ1n) is 5.18. The van der Waals surface area contributed by atoms with Crippen LogP contribution in [0.3, 0.4) is 0 Å². The van der Waals surface area contributed by atoms with Crippen LogP contribution in [0, 0.1) is 0 Å². The Morgan fingerprint density at radius 2 is 1.87 bits per heavy atom. The van der Waals surface area contributed by atoms with Crippen molar-refractivity contribution in [3.05, 3.63) is 0 Å². The van der Waals surface area contributed by atoms with E-state index in [4.69, 9.17) is 5.11 Å². The minimum atomic E-state index is -3.28. The van der Waals surface area contributed by atoms with Gasteiger partial charge in [0.15, 0.2) is 0 Å². The Morgan fingerprint density at radius 1 is 1.27 bits per heavy atom. The molecule has 0 aromatic rings. The Balaban J connectivity index is 2.43. The van der Waals surface area contributed by atoms with Gasteiger partial charge in [0, 0.05) is 39.3 Å². The van der Waals surface area contributed by atoms with Crippen LogP contribution in [0.5, 0.6) is 0 Å². The van der Waals surface area contributed by atoms with Gasteiger partial charge in [-0.25, -0.2) is 4.72 Å². The molecule has 15 heavy (non-hydrogen) atoms. The van der Waals surface area contributed by atoms with Crippen LogP contribution in [0.2, 0.25) is 0 Å². The van der Waals surface area contributed by atoms with Gasteiger partial charge in [-0.3, -0.25) is 4.90 Å².